The van der Waals surface area contributed by atoms with Crippen LogP contribution in [0.25, 0.3) is 0 Å². The molecule has 2 rings (SSSR count). The molecule has 98 valence electrons. The molecule has 18 heavy (non-hydrogen) atoms. The number of carbonyl (C=O) groups excluding carboxylic acids is 2. The van der Waals surface area contributed by atoms with E-state index in [9.17, 15) is 9.59 Å². The van der Waals surface area contributed by atoms with E-state index in [4.69, 9.17) is 0 Å². The average Bonchev–Trinajstić information content (AvgIpc) is 2.72. The minimum absolute atomic E-state index is 0.225. The van der Waals surface area contributed by atoms with Crippen molar-refractivity contribution in [3.8, 4) is 0 Å². The van der Waals surface area contributed by atoms with Crippen molar-refractivity contribution < 1.29 is 9.59 Å². The number of hydrogen-bond acceptors (Lipinski definition) is 7. The number of carbonyl (C=O) groups is 2. The van der Waals surface area contributed by atoms with Gasteiger partial charge < -0.3 is 5.32 Å². The Bertz CT molecular complexity index is 431. The monoisotopic (exact) mass is 269 g/mol. The number of rotatable bonds is 5. The molecule has 0 aromatic carbocycles. The molecule has 7 nitrogen and oxygen atoms in total. The van der Waals surface area contributed by atoms with E-state index in [1.165, 1.54) is 11.3 Å². The Morgan fingerprint density at radius 1 is 1.33 bits per heavy atom. The smallest absolute Gasteiger partial charge is 0.240 e. The van der Waals surface area contributed by atoms with Crippen LogP contribution in [0.15, 0.2) is 0 Å². The first-order valence-corrected chi connectivity index (χ1v) is 6.60. The van der Waals surface area contributed by atoms with Crippen LogP contribution in [0, 0.1) is 0 Å². The van der Waals surface area contributed by atoms with Crippen LogP contribution >= 0.6 is 11.3 Å². The molecule has 1 aliphatic heterocycles. The summed E-state index contributed by atoms with van der Waals surface area (Å²) in [5, 5.41) is 15.0. The van der Waals surface area contributed by atoms with Gasteiger partial charge in [-0.25, -0.2) is 0 Å². The van der Waals surface area contributed by atoms with Gasteiger partial charge >= 0.3 is 0 Å². The first-order chi connectivity index (χ1) is 8.67. The van der Waals surface area contributed by atoms with E-state index in [1.54, 1.807) is 4.90 Å². The average molecular weight is 269 g/mol. The molecular formula is C10H15N5O2S. The zero-order chi connectivity index (χ0) is 13.0. The molecule has 0 saturated carbocycles. The molecule has 2 N–H and O–H groups in total. The highest BCUT2D eigenvalue weighted by atomic mass is 32.1. The second-order valence-corrected chi connectivity index (χ2v) is 5.11. The number of aromatic nitrogens is 2. The fourth-order valence-corrected chi connectivity index (χ4v) is 2.43. The van der Waals surface area contributed by atoms with Gasteiger partial charge in [0.2, 0.25) is 16.9 Å². The van der Waals surface area contributed by atoms with Gasteiger partial charge in [-0.15, -0.1) is 10.2 Å². The lowest BCUT2D eigenvalue weighted by atomic mass is 10.3. The highest BCUT2D eigenvalue weighted by molar-refractivity contribution is 7.15. The van der Waals surface area contributed by atoms with E-state index in [0.29, 0.717) is 6.54 Å². The fourth-order valence-electron chi connectivity index (χ4n) is 1.62. The van der Waals surface area contributed by atoms with Crippen molar-refractivity contribution in [2.45, 2.75) is 19.9 Å². The Hall–Kier alpha value is -1.54. The third-order valence-electron chi connectivity index (χ3n) is 2.37. The Balaban J connectivity index is 1.90. The molecule has 2 amide bonds. The predicted octanol–water partition coefficient (Wildman–Crippen LogP) is -0.182. The Kier molecular flexibility index (Phi) is 4.21. The van der Waals surface area contributed by atoms with Crippen molar-refractivity contribution in [3.05, 3.63) is 5.01 Å². The topological polar surface area (TPSA) is 87.2 Å². The Labute approximate surface area is 109 Å². The number of nitrogens with one attached hydrogen (secondary N) is 2. The summed E-state index contributed by atoms with van der Waals surface area (Å²) < 4.78 is 0. The van der Waals surface area contributed by atoms with E-state index < -0.39 is 0 Å². The number of anilines is 1. The minimum Gasteiger partial charge on any atom is -0.360 e. The summed E-state index contributed by atoms with van der Waals surface area (Å²) in [4.78, 5) is 24.2. The van der Waals surface area contributed by atoms with Gasteiger partial charge in [-0.2, -0.15) is 0 Å². The Morgan fingerprint density at radius 3 is 2.72 bits per heavy atom. The number of piperazine rings is 1. The molecule has 0 aliphatic carbocycles. The minimum atomic E-state index is -0.264. The molecule has 0 bridgehead atoms. The maximum Gasteiger partial charge on any atom is 0.240 e. The van der Waals surface area contributed by atoms with Gasteiger partial charge in [0.1, 0.15) is 5.01 Å². The molecule has 1 aromatic heterocycles. The zero-order valence-corrected chi connectivity index (χ0v) is 10.9. The van der Waals surface area contributed by atoms with Gasteiger partial charge in [0.15, 0.2) is 0 Å². The summed E-state index contributed by atoms with van der Waals surface area (Å²) in [5.74, 6) is -0.528. The third-order valence-corrected chi connectivity index (χ3v) is 3.23. The van der Waals surface area contributed by atoms with Crippen molar-refractivity contribution in [2.24, 2.45) is 0 Å². The molecular weight excluding hydrogens is 254 g/mol. The standard InChI is InChI=1S/C10H15N5O2S/c1-2-3-11-10-14-13-9(18-10)6-15-4-7(16)12-8(17)5-15/h2-6H2,1H3,(H,11,14)(H,12,16,17). The lowest BCUT2D eigenvalue weighted by Gasteiger charge is -2.23. The SMILES string of the molecule is CCCNc1nnc(CN2CC(=O)NC(=O)C2)s1. The predicted molar refractivity (Wildman–Crippen MR) is 67.1 cm³/mol. The summed E-state index contributed by atoms with van der Waals surface area (Å²) in [5.41, 5.74) is 0. The highest BCUT2D eigenvalue weighted by Crippen LogP contribution is 2.17. The molecule has 1 aliphatic rings. The largest absolute Gasteiger partial charge is 0.360 e. The molecule has 1 aromatic rings. The molecule has 0 atom stereocenters. The van der Waals surface area contributed by atoms with Crippen LogP contribution in [0.5, 0.6) is 0 Å². The van der Waals surface area contributed by atoms with Gasteiger partial charge in [0, 0.05) is 6.54 Å². The lowest BCUT2D eigenvalue weighted by molar-refractivity contribution is -0.136. The van der Waals surface area contributed by atoms with Crippen LogP contribution in [0.4, 0.5) is 5.13 Å². The van der Waals surface area contributed by atoms with E-state index >= 15 is 0 Å². The van der Waals surface area contributed by atoms with Crippen molar-refractivity contribution in [1.29, 1.82) is 0 Å². The van der Waals surface area contributed by atoms with Crippen LogP contribution in [0.3, 0.4) is 0 Å². The first kappa shape index (κ1) is 12.9. The van der Waals surface area contributed by atoms with Crippen LogP contribution in [-0.4, -0.2) is 46.5 Å². The van der Waals surface area contributed by atoms with Crippen LogP contribution in [0.2, 0.25) is 0 Å². The number of amides is 2. The third kappa shape index (κ3) is 3.47. The second kappa shape index (κ2) is 5.87. The summed E-state index contributed by atoms with van der Waals surface area (Å²) in [6.07, 6.45) is 1.02. The summed E-state index contributed by atoms with van der Waals surface area (Å²) in [6, 6.07) is 0. The highest BCUT2D eigenvalue weighted by Gasteiger charge is 2.23. The second-order valence-electron chi connectivity index (χ2n) is 4.04. The summed E-state index contributed by atoms with van der Waals surface area (Å²) in [7, 11) is 0. The van der Waals surface area contributed by atoms with Crippen molar-refractivity contribution in [3.63, 3.8) is 0 Å². The molecule has 8 heteroatoms. The van der Waals surface area contributed by atoms with Crippen LogP contribution < -0.4 is 10.6 Å². The van der Waals surface area contributed by atoms with E-state index in [0.717, 1.165) is 23.1 Å². The number of hydrogen-bond donors (Lipinski definition) is 2. The van der Waals surface area contributed by atoms with Gasteiger partial charge in [0.05, 0.1) is 19.6 Å². The molecule has 2 heterocycles. The fraction of sp³-hybridized carbons (Fsp3) is 0.600. The summed E-state index contributed by atoms with van der Waals surface area (Å²) >= 11 is 1.45. The van der Waals surface area contributed by atoms with E-state index in [2.05, 4.69) is 27.8 Å². The van der Waals surface area contributed by atoms with Gasteiger partial charge in [-0.05, 0) is 6.42 Å². The summed E-state index contributed by atoms with van der Waals surface area (Å²) in [6.45, 7) is 3.86. The number of nitrogens with zero attached hydrogens (tertiary/aromatic N) is 3. The van der Waals surface area contributed by atoms with Crippen molar-refractivity contribution in [1.82, 2.24) is 20.4 Å². The maximum atomic E-state index is 11.2. The van der Waals surface area contributed by atoms with Gasteiger partial charge in [-0.3, -0.25) is 19.8 Å². The van der Waals surface area contributed by atoms with Crippen LogP contribution in [0.1, 0.15) is 18.4 Å². The molecule has 1 saturated heterocycles. The zero-order valence-electron chi connectivity index (χ0n) is 10.1. The van der Waals surface area contributed by atoms with Gasteiger partial charge in [-0.1, -0.05) is 18.3 Å². The van der Waals surface area contributed by atoms with Gasteiger partial charge in [0.25, 0.3) is 0 Å². The molecule has 0 unspecified atom stereocenters. The lowest BCUT2D eigenvalue weighted by Crippen LogP contribution is -2.50. The number of imide groups is 1. The molecule has 1 fully saturated rings. The van der Waals surface area contributed by atoms with E-state index in [1.807, 2.05) is 0 Å². The van der Waals surface area contributed by atoms with Crippen molar-refractivity contribution >= 4 is 28.3 Å². The maximum absolute atomic E-state index is 11.2. The quantitative estimate of drug-likeness (QED) is 0.721. The normalized spacial score (nSPS) is 16.7. The molecule has 0 spiro atoms. The van der Waals surface area contributed by atoms with E-state index in [-0.39, 0.29) is 24.9 Å². The Morgan fingerprint density at radius 2 is 2.06 bits per heavy atom. The molecule has 0 radical (unpaired) electrons. The van der Waals surface area contributed by atoms with Crippen molar-refractivity contribution in [2.75, 3.05) is 25.0 Å². The van der Waals surface area contributed by atoms with Crippen LogP contribution in [-0.2, 0) is 16.1 Å². The first-order valence-electron chi connectivity index (χ1n) is 5.78.